The smallest absolute Gasteiger partial charge is 0.271 e. The lowest BCUT2D eigenvalue weighted by molar-refractivity contribution is -0.133. The number of carbonyl (C=O) groups is 2. The normalized spacial score (nSPS) is 22.6. The van der Waals surface area contributed by atoms with E-state index >= 15 is 0 Å². The zero-order valence-corrected chi connectivity index (χ0v) is 15.1. The molecule has 0 saturated carbocycles. The largest absolute Gasteiger partial charge is 0.321 e. The molecule has 2 aliphatic heterocycles. The fourth-order valence-corrected chi connectivity index (χ4v) is 4.93. The second-order valence-corrected chi connectivity index (χ2v) is 8.90. The van der Waals surface area contributed by atoms with Gasteiger partial charge in [0.25, 0.3) is 5.91 Å². The summed E-state index contributed by atoms with van der Waals surface area (Å²) in [5, 5.41) is 8.18. The number of benzene rings is 1. The van der Waals surface area contributed by atoms with Crippen molar-refractivity contribution in [3.05, 3.63) is 29.3 Å². The van der Waals surface area contributed by atoms with E-state index in [1.807, 2.05) is 32.0 Å². The lowest BCUT2D eigenvalue weighted by Gasteiger charge is -2.27. The van der Waals surface area contributed by atoms with Gasteiger partial charge in [0, 0.05) is 18.5 Å². The summed E-state index contributed by atoms with van der Waals surface area (Å²) in [7, 11) is -3.13. The molecule has 134 valence electrons. The molecule has 1 aromatic rings. The first-order valence-corrected chi connectivity index (χ1v) is 10.1. The minimum atomic E-state index is -3.13. The third-order valence-electron chi connectivity index (χ3n) is 4.36. The van der Waals surface area contributed by atoms with E-state index in [-0.39, 0.29) is 41.9 Å². The topological polar surface area (TPSA) is 95.9 Å². The molecule has 1 fully saturated rings. The second kappa shape index (κ2) is 6.59. The maximum atomic E-state index is 12.5. The molecule has 1 aromatic carbocycles. The SMILES string of the molecule is Cc1cc(C)cc(NC(=O)C2=NN(C3CCS(=O)(=O)C3)C(=O)CC2)c1. The molecule has 1 N–H and O–H groups in total. The number of aryl methyl sites for hydroxylation is 2. The third-order valence-corrected chi connectivity index (χ3v) is 6.11. The number of hydrazone groups is 1. The van der Waals surface area contributed by atoms with Crippen molar-refractivity contribution >= 4 is 33.1 Å². The summed E-state index contributed by atoms with van der Waals surface area (Å²) in [6, 6.07) is 5.26. The van der Waals surface area contributed by atoms with Crippen LogP contribution in [0.5, 0.6) is 0 Å². The van der Waals surface area contributed by atoms with Gasteiger partial charge in [-0.15, -0.1) is 0 Å². The van der Waals surface area contributed by atoms with Gasteiger partial charge in [-0.05, 0) is 43.5 Å². The highest BCUT2D eigenvalue weighted by atomic mass is 32.2. The monoisotopic (exact) mass is 363 g/mol. The number of anilines is 1. The van der Waals surface area contributed by atoms with Gasteiger partial charge in [0.05, 0.1) is 17.5 Å². The van der Waals surface area contributed by atoms with Crippen LogP contribution in [-0.2, 0) is 19.4 Å². The van der Waals surface area contributed by atoms with Crippen molar-refractivity contribution in [1.29, 1.82) is 0 Å². The summed E-state index contributed by atoms with van der Waals surface area (Å²) < 4.78 is 23.3. The Morgan fingerprint density at radius 3 is 2.48 bits per heavy atom. The number of carbonyl (C=O) groups excluding carboxylic acids is 2. The van der Waals surface area contributed by atoms with Crippen LogP contribution in [0.3, 0.4) is 0 Å². The van der Waals surface area contributed by atoms with Crippen LogP contribution in [0.25, 0.3) is 0 Å². The van der Waals surface area contributed by atoms with Gasteiger partial charge < -0.3 is 5.32 Å². The van der Waals surface area contributed by atoms with Crippen LogP contribution in [0.2, 0.25) is 0 Å². The van der Waals surface area contributed by atoms with Crippen LogP contribution < -0.4 is 5.32 Å². The minimum absolute atomic E-state index is 0.0566. The van der Waals surface area contributed by atoms with E-state index in [2.05, 4.69) is 10.4 Å². The highest BCUT2D eigenvalue weighted by Crippen LogP contribution is 2.22. The summed E-state index contributed by atoms with van der Waals surface area (Å²) in [5.41, 5.74) is 3.00. The highest BCUT2D eigenvalue weighted by Gasteiger charge is 2.37. The minimum Gasteiger partial charge on any atom is -0.321 e. The lowest BCUT2D eigenvalue weighted by atomic mass is 10.1. The Labute approximate surface area is 147 Å². The maximum absolute atomic E-state index is 12.5. The van der Waals surface area contributed by atoms with Crippen molar-refractivity contribution < 1.29 is 18.0 Å². The van der Waals surface area contributed by atoms with Gasteiger partial charge >= 0.3 is 0 Å². The van der Waals surface area contributed by atoms with Crippen molar-refractivity contribution in [2.75, 3.05) is 16.8 Å². The Kier molecular flexibility index (Phi) is 4.64. The Morgan fingerprint density at radius 1 is 1.20 bits per heavy atom. The Morgan fingerprint density at radius 2 is 1.88 bits per heavy atom. The van der Waals surface area contributed by atoms with Crippen molar-refractivity contribution in [1.82, 2.24) is 5.01 Å². The molecular weight excluding hydrogens is 342 g/mol. The molecule has 0 radical (unpaired) electrons. The van der Waals surface area contributed by atoms with Crippen LogP contribution in [0.1, 0.15) is 30.4 Å². The highest BCUT2D eigenvalue weighted by molar-refractivity contribution is 7.91. The van der Waals surface area contributed by atoms with E-state index in [1.165, 1.54) is 5.01 Å². The maximum Gasteiger partial charge on any atom is 0.271 e. The zero-order chi connectivity index (χ0) is 18.2. The van der Waals surface area contributed by atoms with E-state index in [1.54, 1.807) is 0 Å². The van der Waals surface area contributed by atoms with E-state index < -0.39 is 15.9 Å². The first-order chi connectivity index (χ1) is 11.7. The van der Waals surface area contributed by atoms with E-state index in [9.17, 15) is 18.0 Å². The van der Waals surface area contributed by atoms with E-state index in [4.69, 9.17) is 0 Å². The molecule has 0 aliphatic carbocycles. The summed E-state index contributed by atoms with van der Waals surface area (Å²) in [6.45, 7) is 3.89. The van der Waals surface area contributed by atoms with Crippen LogP contribution in [0, 0.1) is 13.8 Å². The lowest BCUT2D eigenvalue weighted by Crippen LogP contribution is -2.42. The van der Waals surface area contributed by atoms with E-state index in [0.717, 1.165) is 11.1 Å². The summed E-state index contributed by atoms with van der Waals surface area (Å²) in [5.74, 6) is -0.622. The van der Waals surface area contributed by atoms with E-state index in [0.29, 0.717) is 12.1 Å². The average Bonchev–Trinajstić information content (AvgIpc) is 2.86. The second-order valence-electron chi connectivity index (χ2n) is 6.67. The standard InChI is InChI=1S/C17H21N3O4S/c1-11-7-12(2)9-13(8-11)18-17(22)15-3-4-16(21)20(19-15)14-5-6-25(23,24)10-14/h7-9,14H,3-6,10H2,1-2H3,(H,18,22). The molecule has 8 heteroatoms. The number of amides is 2. The van der Waals surface area contributed by atoms with Crippen LogP contribution >= 0.6 is 0 Å². The van der Waals surface area contributed by atoms with Gasteiger partial charge in [-0.2, -0.15) is 5.10 Å². The number of sulfone groups is 1. The fraction of sp³-hybridized carbons (Fsp3) is 0.471. The fourth-order valence-electron chi connectivity index (χ4n) is 3.24. The first kappa shape index (κ1) is 17.6. The predicted octanol–water partition coefficient (Wildman–Crippen LogP) is 1.41. The molecule has 0 spiro atoms. The number of hydrogen-bond acceptors (Lipinski definition) is 5. The molecule has 1 saturated heterocycles. The van der Waals surface area contributed by atoms with Crippen LogP contribution in [0.15, 0.2) is 23.3 Å². The molecule has 1 atom stereocenters. The molecule has 1 unspecified atom stereocenters. The molecule has 7 nitrogen and oxygen atoms in total. The van der Waals surface area contributed by atoms with Crippen molar-refractivity contribution in [2.24, 2.45) is 5.10 Å². The summed E-state index contributed by atoms with van der Waals surface area (Å²) in [4.78, 5) is 24.6. The average molecular weight is 363 g/mol. The zero-order valence-electron chi connectivity index (χ0n) is 14.3. The Hall–Kier alpha value is -2.22. The van der Waals surface area contributed by atoms with Gasteiger partial charge in [-0.1, -0.05) is 6.07 Å². The molecule has 2 heterocycles. The molecule has 2 amide bonds. The number of nitrogens with one attached hydrogen (secondary N) is 1. The van der Waals surface area contributed by atoms with Gasteiger partial charge in [-0.3, -0.25) is 9.59 Å². The van der Waals surface area contributed by atoms with Crippen molar-refractivity contribution in [3.8, 4) is 0 Å². The molecule has 0 bridgehead atoms. The first-order valence-electron chi connectivity index (χ1n) is 8.23. The van der Waals surface area contributed by atoms with Gasteiger partial charge in [0.1, 0.15) is 5.71 Å². The summed E-state index contributed by atoms with van der Waals surface area (Å²) >= 11 is 0. The van der Waals surface area contributed by atoms with Crippen molar-refractivity contribution in [2.45, 2.75) is 39.2 Å². The Bertz CT molecular complexity index is 840. The quantitative estimate of drug-likeness (QED) is 0.878. The molecule has 2 aliphatic rings. The Balaban J connectivity index is 1.77. The van der Waals surface area contributed by atoms with Crippen LogP contribution in [-0.4, -0.2) is 48.5 Å². The molecular formula is C17H21N3O4S. The molecule has 3 rings (SSSR count). The predicted molar refractivity (Wildman–Crippen MR) is 95.1 cm³/mol. The van der Waals surface area contributed by atoms with Gasteiger partial charge in [0.2, 0.25) is 5.91 Å². The number of hydrogen-bond donors (Lipinski definition) is 1. The number of rotatable bonds is 3. The number of nitrogens with zero attached hydrogens (tertiary/aromatic N) is 2. The van der Waals surface area contributed by atoms with Gasteiger partial charge in [0.15, 0.2) is 9.84 Å². The molecule has 0 aromatic heterocycles. The summed E-state index contributed by atoms with van der Waals surface area (Å²) in [6.07, 6.45) is 0.782. The van der Waals surface area contributed by atoms with Crippen LogP contribution in [0.4, 0.5) is 5.69 Å². The van der Waals surface area contributed by atoms with Gasteiger partial charge in [-0.25, -0.2) is 13.4 Å². The van der Waals surface area contributed by atoms with Crippen molar-refractivity contribution in [3.63, 3.8) is 0 Å². The third kappa shape index (κ3) is 4.07. The molecule has 25 heavy (non-hydrogen) atoms.